The average Bonchev–Trinajstić information content (AvgIpc) is 1.64. The summed E-state index contributed by atoms with van der Waals surface area (Å²) in [5.74, 6) is 0.134. The normalized spacial score (nSPS) is 14.2. The second-order valence-corrected chi connectivity index (χ2v) is 3.11. The third-order valence-corrected chi connectivity index (χ3v) is 2.39. The molecule has 2 nitrogen and oxygen atoms in total. The molecule has 0 fully saturated rings. The molecule has 0 aromatic carbocycles. The van der Waals surface area contributed by atoms with Crippen LogP contribution in [0.5, 0.6) is 0 Å². The van der Waals surface area contributed by atoms with Crippen molar-refractivity contribution < 1.29 is 10.0 Å². The van der Waals surface area contributed by atoms with Crippen LogP contribution < -0.4 is 10.0 Å². The molecule has 0 aromatic heterocycles. The third kappa shape index (κ3) is 2.69. The molecule has 0 saturated carbocycles. The van der Waals surface area contributed by atoms with E-state index in [1.807, 2.05) is 13.8 Å². The van der Waals surface area contributed by atoms with Crippen LogP contribution in [0, 0.1) is 5.92 Å². The van der Waals surface area contributed by atoms with Gasteiger partial charge in [-0.15, -0.1) is 15.9 Å². The van der Waals surface area contributed by atoms with Gasteiger partial charge in [0.2, 0.25) is 0 Å². The predicted octanol–water partition coefficient (Wildman–Crippen LogP) is -0.846. The summed E-state index contributed by atoms with van der Waals surface area (Å²) < 4.78 is -0.428. The molecule has 0 aromatic rings. The molecular formula is C4H8BBrO2-2. The SMILES string of the molecule is CC(C)C(Br)B([O-])[O-]. The molecule has 0 spiro atoms. The molecular weight excluding hydrogens is 171 g/mol. The zero-order valence-corrected chi connectivity index (χ0v) is 6.51. The quantitative estimate of drug-likeness (QED) is 0.409. The molecule has 1 atom stereocenters. The number of hydrogen-bond acceptors (Lipinski definition) is 2. The van der Waals surface area contributed by atoms with Crippen molar-refractivity contribution in [1.29, 1.82) is 0 Å². The van der Waals surface area contributed by atoms with Gasteiger partial charge < -0.3 is 10.0 Å². The Balaban J connectivity index is 3.46. The first kappa shape index (κ1) is 8.46. The van der Waals surface area contributed by atoms with E-state index in [-0.39, 0.29) is 5.92 Å². The minimum Gasteiger partial charge on any atom is -0.892 e. The Hall–Kier alpha value is 0.465. The Kier molecular flexibility index (Phi) is 3.69. The van der Waals surface area contributed by atoms with Gasteiger partial charge in [-0.2, -0.15) is 0 Å². The molecule has 0 radical (unpaired) electrons. The predicted molar refractivity (Wildman–Crippen MR) is 33.3 cm³/mol. The first-order valence-electron chi connectivity index (χ1n) is 2.51. The molecule has 1 unspecified atom stereocenters. The van der Waals surface area contributed by atoms with Crippen molar-refractivity contribution in [3.63, 3.8) is 0 Å². The zero-order chi connectivity index (χ0) is 6.73. The van der Waals surface area contributed by atoms with E-state index >= 15 is 0 Å². The molecule has 0 amide bonds. The first-order valence-corrected chi connectivity index (χ1v) is 3.43. The van der Waals surface area contributed by atoms with Gasteiger partial charge in [-0.25, -0.2) is 0 Å². The highest BCUT2D eigenvalue weighted by atomic mass is 79.9. The second kappa shape index (κ2) is 3.48. The number of alkyl halides is 1. The second-order valence-electron chi connectivity index (χ2n) is 2.06. The van der Waals surface area contributed by atoms with Gasteiger partial charge in [0.25, 0.3) is 0 Å². The van der Waals surface area contributed by atoms with E-state index in [4.69, 9.17) is 0 Å². The standard InChI is InChI=1S/C4H8BBrO2/c1-3(2)4(6)5(7)8/h3-4H,1-2H3/q-2. The fraction of sp³-hybridized carbons (Fsp3) is 1.00. The van der Waals surface area contributed by atoms with Gasteiger partial charge >= 0.3 is 0 Å². The van der Waals surface area contributed by atoms with Crippen molar-refractivity contribution in [1.82, 2.24) is 0 Å². The van der Waals surface area contributed by atoms with E-state index < -0.39 is 11.8 Å². The summed E-state index contributed by atoms with van der Waals surface area (Å²) in [5.41, 5.74) is 0. The summed E-state index contributed by atoms with van der Waals surface area (Å²) >= 11 is 2.98. The van der Waals surface area contributed by atoms with E-state index in [0.29, 0.717) is 0 Å². The van der Waals surface area contributed by atoms with Gasteiger partial charge in [-0.3, -0.25) is 0 Å². The van der Waals surface area contributed by atoms with Gasteiger partial charge in [-0.05, 0) is 10.6 Å². The zero-order valence-electron chi connectivity index (χ0n) is 4.93. The van der Waals surface area contributed by atoms with Crippen LogP contribution in [-0.2, 0) is 0 Å². The maximum absolute atomic E-state index is 10.1. The van der Waals surface area contributed by atoms with Crippen LogP contribution >= 0.6 is 15.9 Å². The van der Waals surface area contributed by atoms with Gasteiger partial charge in [0, 0.05) is 0 Å². The summed E-state index contributed by atoms with van der Waals surface area (Å²) in [6.07, 6.45) is 0. The molecule has 0 aliphatic carbocycles. The summed E-state index contributed by atoms with van der Waals surface area (Å²) in [6.45, 7) is 3.67. The van der Waals surface area contributed by atoms with Gasteiger partial charge in [0.1, 0.15) is 0 Å². The lowest BCUT2D eigenvalue weighted by Crippen LogP contribution is -2.54. The maximum Gasteiger partial charge on any atom is -0.0447 e. The fourth-order valence-electron chi connectivity index (χ4n) is 0.314. The van der Waals surface area contributed by atoms with Crippen LogP contribution in [0.2, 0.25) is 0 Å². The van der Waals surface area contributed by atoms with E-state index in [0.717, 1.165) is 0 Å². The molecule has 0 aliphatic heterocycles. The lowest BCUT2D eigenvalue weighted by molar-refractivity contribution is -0.350. The Morgan fingerprint density at radius 3 is 1.75 bits per heavy atom. The Morgan fingerprint density at radius 2 is 1.75 bits per heavy atom. The highest BCUT2D eigenvalue weighted by Gasteiger charge is 2.03. The van der Waals surface area contributed by atoms with Crippen LogP contribution in [-0.4, -0.2) is 11.8 Å². The number of hydrogen-bond donors (Lipinski definition) is 0. The minimum atomic E-state index is -1.74. The van der Waals surface area contributed by atoms with E-state index in [2.05, 4.69) is 15.9 Å². The molecule has 0 heterocycles. The first-order chi connectivity index (χ1) is 3.55. The fourth-order valence-corrected chi connectivity index (χ4v) is 0.314. The Bertz CT molecular complexity index is 59.1. The van der Waals surface area contributed by atoms with Crippen molar-refractivity contribution in [3.8, 4) is 0 Å². The van der Waals surface area contributed by atoms with Crippen LogP contribution in [0.3, 0.4) is 0 Å². The largest absolute Gasteiger partial charge is 0.892 e. The molecule has 8 heavy (non-hydrogen) atoms. The van der Waals surface area contributed by atoms with Crippen molar-refractivity contribution in [2.75, 3.05) is 0 Å². The topological polar surface area (TPSA) is 46.1 Å². The van der Waals surface area contributed by atoms with Gasteiger partial charge in [-0.1, -0.05) is 21.0 Å². The summed E-state index contributed by atoms with van der Waals surface area (Å²) in [6, 6.07) is 0. The summed E-state index contributed by atoms with van der Waals surface area (Å²) in [5, 5.41) is 20.1. The molecule has 0 aliphatic rings. The monoisotopic (exact) mass is 178 g/mol. The van der Waals surface area contributed by atoms with Gasteiger partial charge in [0.05, 0.1) is 0 Å². The number of rotatable bonds is 2. The number of halogens is 1. The molecule has 0 saturated heterocycles. The minimum absolute atomic E-state index is 0.134. The van der Waals surface area contributed by atoms with Gasteiger partial charge in [0.15, 0.2) is 0 Å². The van der Waals surface area contributed by atoms with E-state index in [1.165, 1.54) is 0 Å². The van der Waals surface area contributed by atoms with E-state index in [9.17, 15) is 10.0 Å². The Morgan fingerprint density at radius 1 is 1.38 bits per heavy atom. The molecule has 0 rings (SSSR count). The highest BCUT2D eigenvalue weighted by Crippen LogP contribution is 2.09. The van der Waals surface area contributed by atoms with Crippen LogP contribution in [0.4, 0.5) is 0 Å². The van der Waals surface area contributed by atoms with Crippen molar-refractivity contribution in [3.05, 3.63) is 0 Å². The highest BCUT2D eigenvalue weighted by molar-refractivity contribution is 9.10. The van der Waals surface area contributed by atoms with Crippen molar-refractivity contribution in [2.24, 2.45) is 5.92 Å². The van der Waals surface area contributed by atoms with E-state index in [1.54, 1.807) is 0 Å². The lowest BCUT2D eigenvalue weighted by atomic mass is 9.80. The smallest absolute Gasteiger partial charge is 0.0447 e. The molecule has 48 valence electrons. The third-order valence-electron chi connectivity index (χ3n) is 0.897. The van der Waals surface area contributed by atoms with Crippen molar-refractivity contribution in [2.45, 2.75) is 18.6 Å². The van der Waals surface area contributed by atoms with Crippen molar-refractivity contribution >= 4 is 23.0 Å². The lowest BCUT2D eigenvalue weighted by Gasteiger charge is -2.34. The van der Waals surface area contributed by atoms with Crippen LogP contribution in [0.25, 0.3) is 0 Å². The van der Waals surface area contributed by atoms with Crippen LogP contribution in [0.15, 0.2) is 0 Å². The molecule has 0 bridgehead atoms. The molecule has 4 heteroatoms. The summed E-state index contributed by atoms with van der Waals surface area (Å²) in [7, 11) is -1.74. The maximum atomic E-state index is 10.1. The molecule has 0 N–H and O–H groups in total. The summed E-state index contributed by atoms with van der Waals surface area (Å²) in [4.78, 5) is 0. The Labute approximate surface area is 58.2 Å². The van der Waals surface area contributed by atoms with Crippen LogP contribution in [0.1, 0.15) is 13.8 Å². The average molecular weight is 179 g/mol.